The van der Waals surface area contributed by atoms with Gasteiger partial charge in [0.05, 0.1) is 0 Å². The minimum Gasteiger partial charge on any atom is -0.480 e. The lowest BCUT2D eigenvalue weighted by atomic mass is 10.2. The molecule has 0 radical (unpaired) electrons. The molecule has 6 heteroatoms. The van der Waals surface area contributed by atoms with Crippen molar-refractivity contribution < 1.29 is 23.1 Å². The maximum Gasteiger partial charge on any atom is 0.405 e. The first kappa shape index (κ1) is 13.3. The van der Waals surface area contributed by atoms with Crippen LogP contribution in [-0.4, -0.2) is 30.3 Å². The third-order valence-corrected chi connectivity index (χ3v) is 2.10. The number of benzene rings is 1. The minimum absolute atomic E-state index is 0.246. The Kier molecular flexibility index (Phi) is 3.98. The highest BCUT2D eigenvalue weighted by molar-refractivity contribution is 5.73. The van der Waals surface area contributed by atoms with Gasteiger partial charge in [-0.2, -0.15) is 13.2 Å². The van der Waals surface area contributed by atoms with Crippen LogP contribution in [0.2, 0.25) is 0 Å². The van der Waals surface area contributed by atoms with E-state index in [0.717, 1.165) is 10.5 Å². The Morgan fingerprint density at radius 3 is 2.24 bits per heavy atom. The third-order valence-electron chi connectivity index (χ3n) is 2.10. The van der Waals surface area contributed by atoms with Gasteiger partial charge in [0.2, 0.25) is 0 Å². The number of carboxylic acid groups (broad SMARTS) is 1. The molecule has 0 spiro atoms. The average Bonchev–Trinajstić information content (AvgIpc) is 2.14. The molecule has 0 aliphatic rings. The van der Waals surface area contributed by atoms with Crippen molar-refractivity contribution in [1.29, 1.82) is 0 Å². The number of aryl methyl sites for hydroxylation is 1. The molecule has 0 atom stereocenters. The molecule has 0 aliphatic carbocycles. The lowest BCUT2D eigenvalue weighted by molar-refractivity contribution is -0.136. The number of alkyl halides is 3. The van der Waals surface area contributed by atoms with Crippen LogP contribution in [0.1, 0.15) is 5.56 Å². The molecule has 0 saturated heterocycles. The van der Waals surface area contributed by atoms with E-state index in [0.29, 0.717) is 0 Å². The van der Waals surface area contributed by atoms with Crippen LogP contribution < -0.4 is 4.90 Å². The van der Waals surface area contributed by atoms with Crippen LogP contribution in [0.4, 0.5) is 18.9 Å². The zero-order valence-corrected chi connectivity index (χ0v) is 9.16. The van der Waals surface area contributed by atoms with Crippen LogP contribution >= 0.6 is 0 Å². The van der Waals surface area contributed by atoms with E-state index in [1.54, 1.807) is 19.1 Å². The highest BCUT2D eigenvalue weighted by Crippen LogP contribution is 2.22. The summed E-state index contributed by atoms with van der Waals surface area (Å²) in [4.78, 5) is 11.3. The highest BCUT2D eigenvalue weighted by Gasteiger charge is 2.31. The summed E-state index contributed by atoms with van der Waals surface area (Å²) in [5.41, 5.74) is 1.14. The molecule has 0 unspecified atom stereocenters. The summed E-state index contributed by atoms with van der Waals surface area (Å²) in [6.45, 7) is -0.153. The molecule has 0 aliphatic heterocycles. The van der Waals surface area contributed by atoms with Gasteiger partial charge >= 0.3 is 12.1 Å². The van der Waals surface area contributed by atoms with Crippen molar-refractivity contribution in [3.63, 3.8) is 0 Å². The fourth-order valence-electron chi connectivity index (χ4n) is 1.37. The topological polar surface area (TPSA) is 40.5 Å². The molecule has 1 N–H and O–H groups in total. The van der Waals surface area contributed by atoms with E-state index in [9.17, 15) is 18.0 Å². The summed E-state index contributed by atoms with van der Waals surface area (Å²) in [6, 6.07) is 6.23. The van der Waals surface area contributed by atoms with Crippen LogP contribution in [0.15, 0.2) is 24.3 Å². The van der Waals surface area contributed by atoms with Crippen molar-refractivity contribution in [2.45, 2.75) is 13.1 Å². The van der Waals surface area contributed by atoms with Gasteiger partial charge in [-0.3, -0.25) is 4.79 Å². The maximum atomic E-state index is 12.3. The zero-order chi connectivity index (χ0) is 13.1. The van der Waals surface area contributed by atoms with Crippen LogP contribution in [0.5, 0.6) is 0 Å². The van der Waals surface area contributed by atoms with E-state index in [1.165, 1.54) is 12.1 Å². The quantitative estimate of drug-likeness (QED) is 0.888. The number of carboxylic acids is 1. The Labute approximate surface area is 96.5 Å². The van der Waals surface area contributed by atoms with Gasteiger partial charge in [-0.15, -0.1) is 0 Å². The second-order valence-corrected chi connectivity index (χ2v) is 3.70. The van der Waals surface area contributed by atoms with E-state index in [1.807, 2.05) is 0 Å². The number of halogens is 3. The molecule has 1 aromatic rings. The van der Waals surface area contributed by atoms with Crippen molar-refractivity contribution in [1.82, 2.24) is 0 Å². The first-order chi connectivity index (χ1) is 7.78. The lowest BCUT2D eigenvalue weighted by Gasteiger charge is -2.24. The Bertz CT molecular complexity index is 387. The molecule has 1 aromatic carbocycles. The van der Waals surface area contributed by atoms with Crippen molar-refractivity contribution in [3.05, 3.63) is 29.8 Å². The first-order valence-electron chi connectivity index (χ1n) is 4.88. The van der Waals surface area contributed by atoms with Gasteiger partial charge in [0, 0.05) is 5.69 Å². The summed E-state index contributed by atoms with van der Waals surface area (Å²) in [5.74, 6) is -1.30. The molecular weight excluding hydrogens is 235 g/mol. The largest absolute Gasteiger partial charge is 0.480 e. The zero-order valence-electron chi connectivity index (χ0n) is 9.16. The number of nitrogens with zero attached hydrogens (tertiary/aromatic N) is 1. The number of carbonyl (C=O) groups is 1. The summed E-state index contributed by atoms with van der Waals surface area (Å²) >= 11 is 0. The first-order valence-corrected chi connectivity index (χ1v) is 4.88. The average molecular weight is 247 g/mol. The molecular formula is C11H12F3NO2. The number of hydrogen-bond donors (Lipinski definition) is 1. The second kappa shape index (κ2) is 5.07. The third kappa shape index (κ3) is 4.76. The fraction of sp³-hybridized carbons (Fsp3) is 0.364. The van der Waals surface area contributed by atoms with Gasteiger partial charge in [0.1, 0.15) is 13.1 Å². The van der Waals surface area contributed by atoms with E-state index in [2.05, 4.69) is 0 Å². The summed E-state index contributed by atoms with van der Waals surface area (Å²) in [5, 5.41) is 8.59. The van der Waals surface area contributed by atoms with Crippen LogP contribution in [0, 0.1) is 6.92 Å². The fourth-order valence-corrected chi connectivity index (χ4v) is 1.37. The number of aliphatic carboxylic acids is 1. The molecule has 0 bridgehead atoms. The van der Waals surface area contributed by atoms with Crippen molar-refractivity contribution in [2.24, 2.45) is 0 Å². The smallest absolute Gasteiger partial charge is 0.405 e. The van der Waals surface area contributed by atoms with E-state index in [4.69, 9.17) is 5.11 Å². The molecule has 0 fully saturated rings. The predicted molar refractivity (Wildman–Crippen MR) is 57.1 cm³/mol. The van der Waals surface area contributed by atoms with Crippen LogP contribution in [-0.2, 0) is 4.79 Å². The Hall–Kier alpha value is -1.72. The van der Waals surface area contributed by atoms with Gasteiger partial charge in [-0.25, -0.2) is 0 Å². The molecule has 3 nitrogen and oxygen atoms in total. The number of anilines is 1. The van der Waals surface area contributed by atoms with Crippen molar-refractivity contribution in [3.8, 4) is 0 Å². The molecule has 0 amide bonds. The summed E-state index contributed by atoms with van der Waals surface area (Å²) in [6.07, 6.45) is -4.43. The second-order valence-electron chi connectivity index (χ2n) is 3.70. The monoisotopic (exact) mass is 247 g/mol. The Morgan fingerprint density at radius 1 is 1.29 bits per heavy atom. The van der Waals surface area contributed by atoms with Gasteiger partial charge in [-0.1, -0.05) is 17.7 Å². The van der Waals surface area contributed by atoms with E-state index < -0.39 is 25.2 Å². The standard InChI is InChI=1S/C11H12F3NO2/c1-8-2-4-9(5-3-8)15(6-10(16)17)7-11(12,13)14/h2-5H,6-7H2,1H3,(H,16,17). The predicted octanol–water partition coefficient (Wildman–Crippen LogP) is 2.45. The SMILES string of the molecule is Cc1ccc(N(CC(=O)O)CC(F)(F)F)cc1. The molecule has 0 heterocycles. The van der Waals surface area contributed by atoms with Crippen molar-refractivity contribution in [2.75, 3.05) is 18.0 Å². The van der Waals surface area contributed by atoms with Crippen LogP contribution in [0.25, 0.3) is 0 Å². The van der Waals surface area contributed by atoms with E-state index >= 15 is 0 Å². The Morgan fingerprint density at radius 2 is 1.82 bits per heavy atom. The molecule has 94 valence electrons. The lowest BCUT2D eigenvalue weighted by Crippen LogP contribution is -2.37. The summed E-state index contributed by atoms with van der Waals surface area (Å²) < 4.78 is 36.9. The van der Waals surface area contributed by atoms with Gasteiger partial charge in [0.15, 0.2) is 0 Å². The van der Waals surface area contributed by atoms with Gasteiger partial charge in [0.25, 0.3) is 0 Å². The maximum absolute atomic E-state index is 12.3. The summed E-state index contributed by atoms with van der Waals surface area (Å²) in [7, 11) is 0. The number of hydrogen-bond acceptors (Lipinski definition) is 2. The molecule has 1 rings (SSSR count). The van der Waals surface area contributed by atoms with Gasteiger partial charge < -0.3 is 10.0 Å². The van der Waals surface area contributed by atoms with Crippen molar-refractivity contribution >= 4 is 11.7 Å². The van der Waals surface area contributed by atoms with Crippen LogP contribution in [0.3, 0.4) is 0 Å². The molecule has 0 saturated carbocycles. The highest BCUT2D eigenvalue weighted by atomic mass is 19.4. The van der Waals surface area contributed by atoms with Gasteiger partial charge in [-0.05, 0) is 19.1 Å². The Balaban J connectivity index is 2.89. The molecule has 17 heavy (non-hydrogen) atoms. The van der Waals surface area contributed by atoms with E-state index in [-0.39, 0.29) is 5.69 Å². The normalized spacial score (nSPS) is 11.3. The number of rotatable bonds is 4. The molecule has 0 aromatic heterocycles. The minimum atomic E-state index is -4.43.